The van der Waals surface area contributed by atoms with Gasteiger partial charge in [0.25, 0.3) is 0 Å². The highest BCUT2D eigenvalue weighted by atomic mass is 16.1. The van der Waals surface area contributed by atoms with E-state index in [1.165, 1.54) is 6.08 Å². The molecule has 0 aromatic heterocycles. The van der Waals surface area contributed by atoms with Crippen molar-refractivity contribution in [2.24, 2.45) is 5.73 Å². The van der Waals surface area contributed by atoms with Gasteiger partial charge in [-0.1, -0.05) is 0 Å². The second-order valence-corrected chi connectivity index (χ2v) is 2.74. The average molecular weight is 182 g/mol. The van der Waals surface area contributed by atoms with Crippen LogP contribution in [0.5, 0.6) is 0 Å². The number of hydrogen-bond acceptors (Lipinski definition) is 3. The second-order valence-electron chi connectivity index (χ2n) is 2.74. The summed E-state index contributed by atoms with van der Waals surface area (Å²) in [5.41, 5.74) is 5.80. The molecule has 13 heavy (non-hydrogen) atoms. The number of primary amides is 1. The molecule has 0 aliphatic heterocycles. The summed E-state index contributed by atoms with van der Waals surface area (Å²) in [6.07, 6.45) is 5.58. The maximum Gasteiger partial charge on any atom is 0.236 e. The first-order valence-corrected chi connectivity index (χ1v) is 3.85. The van der Waals surface area contributed by atoms with E-state index in [2.05, 4.69) is 0 Å². The maximum absolute atomic E-state index is 10.5. The van der Waals surface area contributed by atoms with Crippen molar-refractivity contribution in [3.63, 3.8) is 0 Å². The number of nitrogens with zero attached hydrogens (tertiary/aromatic N) is 1. The van der Waals surface area contributed by atoms with E-state index >= 15 is 0 Å². The van der Waals surface area contributed by atoms with Crippen LogP contribution in [-0.2, 0) is 9.59 Å². The van der Waals surface area contributed by atoms with Gasteiger partial charge in [0, 0.05) is 7.05 Å². The molecule has 4 nitrogen and oxygen atoms in total. The zero-order valence-corrected chi connectivity index (χ0v) is 7.86. The fourth-order valence-corrected chi connectivity index (χ4v) is 0.706. The fourth-order valence-electron chi connectivity index (χ4n) is 0.706. The third kappa shape index (κ3) is 6.80. The summed E-state index contributed by atoms with van der Waals surface area (Å²) in [5.74, 6) is -0.385. The van der Waals surface area contributed by atoms with E-state index in [1.807, 2.05) is 0 Å². The predicted molar refractivity (Wildman–Crippen MR) is 50.8 cm³/mol. The Hall–Kier alpha value is -1.58. The van der Waals surface area contributed by atoms with Crippen LogP contribution >= 0.6 is 0 Å². The van der Waals surface area contributed by atoms with E-state index in [1.54, 1.807) is 31.1 Å². The van der Waals surface area contributed by atoms with Crippen molar-refractivity contribution in [1.82, 2.24) is 4.90 Å². The lowest BCUT2D eigenvalue weighted by Crippen LogP contribution is -2.26. The molecule has 0 atom stereocenters. The molecule has 2 N–H and O–H groups in total. The van der Waals surface area contributed by atoms with Gasteiger partial charge in [-0.15, -0.1) is 0 Å². The molecule has 0 aliphatic rings. The van der Waals surface area contributed by atoms with Gasteiger partial charge in [0.2, 0.25) is 5.91 Å². The molecule has 0 fully saturated rings. The molecule has 0 aromatic carbocycles. The van der Waals surface area contributed by atoms with Crippen LogP contribution in [-0.4, -0.2) is 30.7 Å². The van der Waals surface area contributed by atoms with Crippen LogP contribution in [0.1, 0.15) is 6.92 Å². The number of likely N-dealkylation sites (N-methyl/N-ethyl adjacent to an activating group) is 1. The predicted octanol–water partition coefficient (Wildman–Crippen LogP) is 0.0624. The molecule has 0 saturated heterocycles. The molecule has 0 rings (SSSR count). The highest BCUT2D eigenvalue weighted by Crippen LogP contribution is 1.94. The van der Waals surface area contributed by atoms with Crippen molar-refractivity contribution in [1.29, 1.82) is 0 Å². The summed E-state index contributed by atoms with van der Waals surface area (Å²) >= 11 is 0. The number of rotatable bonds is 5. The quantitative estimate of drug-likeness (QED) is 0.371. The number of nitrogens with two attached hydrogens (primary N) is 1. The lowest BCUT2D eigenvalue weighted by Gasteiger charge is -2.10. The topological polar surface area (TPSA) is 63.4 Å². The van der Waals surface area contributed by atoms with E-state index in [9.17, 15) is 9.59 Å². The molecule has 0 aliphatic carbocycles. The van der Waals surface area contributed by atoms with Crippen molar-refractivity contribution < 1.29 is 9.59 Å². The van der Waals surface area contributed by atoms with Gasteiger partial charge in [0.15, 0.2) is 0 Å². The first-order valence-electron chi connectivity index (χ1n) is 3.85. The van der Waals surface area contributed by atoms with Crippen LogP contribution in [0.2, 0.25) is 0 Å². The first-order chi connectivity index (χ1) is 6.06. The lowest BCUT2D eigenvalue weighted by molar-refractivity contribution is -0.118. The second kappa shape index (κ2) is 5.99. The smallest absolute Gasteiger partial charge is 0.236 e. The van der Waals surface area contributed by atoms with Gasteiger partial charge in [-0.25, -0.2) is 0 Å². The number of carbonyl (C=O) groups is 2. The standard InChI is InChI=1S/C9H14N2O2/c1-8(4-6-12)3-5-11(2)7-9(10)13/h3-6H,7H2,1-2H3,(H2,10,13)/b5-3?,8-4-. The third-order valence-corrected chi connectivity index (χ3v) is 1.33. The summed E-state index contributed by atoms with van der Waals surface area (Å²) < 4.78 is 0. The minimum absolute atomic E-state index is 0.171. The van der Waals surface area contributed by atoms with Crippen LogP contribution in [0.15, 0.2) is 23.9 Å². The zero-order chi connectivity index (χ0) is 10.3. The van der Waals surface area contributed by atoms with Crippen LogP contribution in [0.25, 0.3) is 0 Å². The van der Waals surface area contributed by atoms with Crippen molar-refractivity contribution >= 4 is 12.2 Å². The van der Waals surface area contributed by atoms with Gasteiger partial charge in [-0.2, -0.15) is 0 Å². The summed E-state index contributed by atoms with van der Waals surface area (Å²) in [5, 5.41) is 0. The first kappa shape index (κ1) is 11.4. The molecule has 0 bridgehead atoms. The molecule has 0 radical (unpaired) electrons. The summed E-state index contributed by atoms with van der Waals surface area (Å²) in [7, 11) is 1.73. The van der Waals surface area contributed by atoms with Crippen molar-refractivity contribution in [2.75, 3.05) is 13.6 Å². The van der Waals surface area contributed by atoms with E-state index in [0.717, 1.165) is 5.57 Å². The molecular formula is C9H14N2O2. The summed E-state index contributed by atoms with van der Waals surface area (Å²) in [6, 6.07) is 0. The maximum atomic E-state index is 10.5. The van der Waals surface area contributed by atoms with Gasteiger partial charge in [0.1, 0.15) is 6.29 Å². The molecule has 4 heteroatoms. The minimum atomic E-state index is -0.385. The number of amides is 1. The fraction of sp³-hybridized carbons (Fsp3) is 0.333. The zero-order valence-electron chi connectivity index (χ0n) is 7.86. The van der Waals surface area contributed by atoms with E-state index in [-0.39, 0.29) is 12.5 Å². The number of aldehydes is 1. The molecule has 0 spiro atoms. The third-order valence-electron chi connectivity index (χ3n) is 1.33. The Labute approximate surface area is 77.7 Å². The molecule has 72 valence electrons. The molecule has 0 unspecified atom stereocenters. The number of hydrogen-bond donors (Lipinski definition) is 1. The van der Waals surface area contributed by atoms with Crippen LogP contribution in [0, 0.1) is 0 Å². The highest BCUT2D eigenvalue weighted by molar-refractivity contribution is 5.76. The van der Waals surface area contributed by atoms with E-state index < -0.39 is 0 Å². The Balaban J connectivity index is 4.03. The monoisotopic (exact) mass is 182 g/mol. The SMILES string of the molecule is C/C(C=CN(C)CC(N)=O)=C/C=O. The van der Waals surface area contributed by atoms with Gasteiger partial charge in [-0.05, 0) is 30.8 Å². The molecule has 1 amide bonds. The Bertz CT molecular complexity index is 244. The Morgan fingerprint density at radius 1 is 1.54 bits per heavy atom. The van der Waals surface area contributed by atoms with Crippen molar-refractivity contribution in [3.8, 4) is 0 Å². The summed E-state index contributed by atoms with van der Waals surface area (Å²) in [6.45, 7) is 1.97. The Morgan fingerprint density at radius 2 is 2.15 bits per heavy atom. The Morgan fingerprint density at radius 3 is 2.62 bits per heavy atom. The average Bonchev–Trinajstić information content (AvgIpc) is 2.00. The largest absolute Gasteiger partial charge is 0.371 e. The molecule has 0 heterocycles. The van der Waals surface area contributed by atoms with Gasteiger partial charge in [-0.3, -0.25) is 9.59 Å². The van der Waals surface area contributed by atoms with E-state index in [0.29, 0.717) is 6.29 Å². The lowest BCUT2D eigenvalue weighted by atomic mass is 10.3. The van der Waals surface area contributed by atoms with Gasteiger partial charge in [0.05, 0.1) is 6.54 Å². The molecule has 0 saturated carbocycles. The summed E-state index contributed by atoms with van der Waals surface area (Å²) in [4.78, 5) is 22.1. The highest BCUT2D eigenvalue weighted by Gasteiger charge is 1.95. The van der Waals surface area contributed by atoms with E-state index in [4.69, 9.17) is 5.73 Å². The number of allylic oxidation sites excluding steroid dienone is 3. The van der Waals surface area contributed by atoms with Gasteiger partial charge < -0.3 is 10.6 Å². The van der Waals surface area contributed by atoms with Gasteiger partial charge >= 0.3 is 0 Å². The minimum Gasteiger partial charge on any atom is -0.371 e. The van der Waals surface area contributed by atoms with Crippen LogP contribution in [0.3, 0.4) is 0 Å². The number of carbonyl (C=O) groups excluding carboxylic acids is 2. The van der Waals surface area contributed by atoms with Crippen LogP contribution < -0.4 is 5.73 Å². The molecular weight excluding hydrogens is 168 g/mol. The van der Waals surface area contributed by atoms with Crippen molar-refractivity contribution in [3.05, 3.63) is 23.9 Å². The van der Waals surface area contributed by atoms with Crippen LogP contribution in [0.4, 0.5) is 0 Å². The molecule has 0 aromatic rings. The van der Waals surface area contributed by atoms with Crippen molar-refractivity contribution in [2.45, 2.75) is 6.92 Å². The Kier molecular flexibility index (Phi) is 5.27. The normalized spacial score (nSPS) is 11.7.